The first-order chi connectivity index (χ1) is 8.95. The Bertz CT molecular complexity index is 442. The van der Waals surface area contributed by atoms with Gasteiger partial charge in [0.2, 0.25) is 0 Å². The normalized spacial score (nSPS) is 20.1. The highest BCUT2D eigenvalue weighted by atomic mass is 19.1. The lowest BCUT2D eigenvalue weighted by Crippen LogP contribution is -2.56. The monoisotopic (exact) mass is 267 g/mol. The van der Waals surface area contributed by atoms with Gasteiger partial charge in [0.25, 0.3) is 0 Å². The minimum atomic E-state index is -0.609. The Balaban J connectivity index is 2.18. The van der Waals surface area contributed by atoms with Gasteiger partial charge in [0.1, 0.15) is 11.6 Å². The third-order valence-electron chi connectivity index (χ3n) is 4.41. The summed E-state index contributed by atoms with van der Waals surface area (Å²) in [4.78, 5) is 0. The molecule has 0 unspecified atom stereocenters. The molecule has 19 heavy (non-hydrogen) atoms. The summed E-state index contributed by atoms with van der Waals surface area (Å²) < 4.78 is 26.8. The van der Waals surface area contributed by atoms with E-state index in [0.29, 0.717) is 5.56 Å². The van der Waals surface area contributed by atoms with E-state index in [0.717, 1.165) is 44.6 Å². The number of hydrogen-bond donors (Lipinski definition) is 1. The summed E-state index contributed by atoms with van der Waals surface area (Å²) in [6.07, 6.45) is 6.16. The van der Waals surface area contributed by atoms with E-state index in [-0.39, 0.29) is 5.41 Å². The summed E-state index contributed by atoms with van der Waals surface area (Å²) in [5.74, 6) is -1.05. The lowest BCUT2D eigenvalue weighted by atomic mass is 9.52. The van der Waals surface area contributed by atoms with Gasteiger partial charge in [-0.25, -0.2) is 8.78 Å². The van der Waals surface area contributed by atoms with Crippen molar-refractivity contribution < 1.29 is 8.78 Å². The SMILES string of the molecule is CCCC1(CCC)CC(N)(c2ccc(F)cc2F)C1. The second-order valence-electron chi connectivity index (χ2n) is 6.13. The van der Waals surface area contributed by atoms with Gasteiger partial charge in [-0.1, -0.05) is 32.8 Å². The molecular formula is C16H23F2N. The molecule has 1 aliphatic carbocycles. The molecule has 1 saturated carbocycles. The van der Waals surface area contributed by atoms with Crippen LogP contribution in [0.5, 0.6) is 0 Å². The number of rotatable bonds is 5. The Morgan fingerprint density at radius 2 is 1.68 bits per heavy atom. The lowest BCUT2D eigenvalue weighted by Gasteiger charge is -2.55. The predicted octanol–water partition coefficient (Wildman–Crippen LogP) is 4.50. The van der Waals surface area contributed by atoms with Crippen molar-refractivity contribution in [3.8, 4) is 0 Å². The molecule has 0 radical (unpaired) electrons. The van der Waals surface area contributed by atoms with E-state index in [1.54, 1.807) is 0 Å². The molecule has 0 bridgehead atoms. The third-order valence-corrected chi connectivity index (χ3v) is 4.41. The van der Waals surface area contributed by atoms with Crippen molar-refractivity contribution in [3.05, 3.63) is 35.4 Å². The van der Waals surface area contributed by atoms with Crippen LogP contribution in [0.15, 0.2) is 18.2 Å². The van der Waals surface area contributed by atoms with Crippen LogP contribution in [0.2, 0.25) is 0 Å². The van der Waals surface area contributed by atoms with Gasteiger partial charge >= 0.3 is 0 Å². The van der Waals surface area contributed by atoms with Gasteiger partial charge in [-0.3, -0.25) is 0 Å². The molecule has 1 aromatic rings. The van der Waals surface area contributed by atoms with E-state index < -0.39 is 17.2 Å². The third kappa shape index (κ3) is 2.66. The van der Waals surface area contributed by atoms with Crippen molar-refractivity contribution in [2.45, 2.75) is 57.9 Å². The quantitative estimate of drug-likeness (QED) is 0.835. The molecule has 0 amide bonds. The first kappa shape index (κ1) is 14.4. The highest BCUT2D eigenvalue weighted by molar-refractivity contribution is 5.31. The van der Waals surface area contributed by atoms with Crippen molar-refractivity contribution >= 4 is 0 Å². The molecule has 106 valence electrons. The Kier molecular flexibility index (Phi) is 3.95. The maximum absolute atomic E-state index is 13.9. The number of halogens is 2. The zero-order valence-electron chi connectivity index (χ0n) is 11.8. The summed E-state index contributed by atoms with van der Waals surface area (Å²) in [6, 6.07) is 3.74. The summed E-state index contributed by atoms with van der Waals surface area (Å²) in [6.45, 7) is 4.35. The Labute approximate surface area is 114 Å². The van der Waals surface area contributed by atoms with Gasteiger partial charge in [0.05, 0.1) is 0 Å². The van der Waals surface area contributed by atoms with Gasteiger partial charge in [0, 0.05) is 17.2 Å². The average Bonchev–Trinajstić information content (AvgIpc) is 2.27. The molecule has 0 aromatic heterocycles. The van der Waals surface area contributed by atoms with Crippen molar-refractivity contribution in [1.29, 1.82) is 0 Å². The summed E-state index contributed by atoms with van der Waals surface area (Å²) in [5, 5.41) is 0. The molecule has 1 aliphatic rings. The predicted molar refractivity (Wildman–Crippen MR) is 73.7 cm³/mol. The van der Waals surface area contributed by atoms with Crippen LogP contribution in [0, 0.1) is 17.0 Å². The number of hydrogen-bond acceptors (Lipinski definition) is 1. The van der Waals surface area contributed by atoms with Crippen molar-refractivity contribution in [3.63, 3.8) is 0 Å². The maximum atomic E-state index is 13.9. The fraction of sp³-hybridized carbons (Fsp3) is 0.625. The van der Waals surface area contributed by atoms with E-state index in [4.69, 9.17) is 5.73 Å². The lowest BCUT2D eigenvalue weighted by molar-refractivity contribution is 0.00422. The second kappa shape index (κ2) is 5.20. The van der Waals surface area contributed by atoms with Crippen molar-refractivity contribution in [2.75, 3.05) is 0 Å². The standard InChI is InChI=1S/C16H23F2N/c1-3-7-15(8-4-2)10-16(19,11-15)13-6-5-12(17)9-14(13)18/h5-6,9H,3-4,7-8,10-11,19H2,1-2H3. The number of benzene rings is 1. The largest absolute Gasteiger partial charge is 0.321 e. The van der Waals surface area contributed by atoms with Crippen LogP contribution < -0.4 is 5.73 Å². The zero-order valence-corrected chi connectivity index (χ0v) is 11.8. The van der Waals surface area contributed by atoms with Crippen LogP contribution in [0.1, 0.15) is 57.9 Å². The van der Waals surface area contributed by atoms with Gasteiger partial charge in [-0.05, 0) is 37.2 Å². The Hall–Kier alpha value is -0.960. The molecule has 2 N–H and O–H groups in total. The van der Waals surface area contributed by atoms with Crippen LogP contribution in [-0.4, -0.2) is 0 Å². The van der Waals surface area contributed by atoms with Gasteiger partial charge in [-0.2, -0.15) is 0 Å². The van der Waals surface area contributed by atoms with Crippen LogP contribution >= 0.6 is 0 Å². The molecule has 1 aromatic carbocycles. The average molecular weight is 267 g/mol. The minimum Gasteiger partial charge on any atom is -0.321 e. The fourth-order valence-electron chi connectivity index (χ4n) is 3.91. The van der Waals surface area contributed by atoms with Gasteiger partial charge in [-0.15, -0.1) is 0 Å². The summed E-state index contributed by atoms with van der Waals surface area (Å²) in [5.41, 5.74) is 6.47. The highest BCUT2D eigenvalue weighted by Crippen LogP contribution is 2.57. The topological polar surface area (TPSA) is 26.0 Å². The maximum Gasteiger partial charge on any atom is 0.131 e. The van der Waals surface area contributed by atoms with Crippen molar-refractivity contribution in [1.82, 2.24) is 0 Å². The first-order valence-electron chi connectivity index (χ1n) is 7.19. The molecule has 0 saturated heterocycles. The number of nitrogens with two attached hydrogens (primary N) is 1. The smallest absolute Gasteiger partial charge is 0.131 e. The van der Waals surface area contributed by atoms with E-state index in [1.165, 1.54) is 12.1 Å². The molecule has 1 fully saturated rings. The van der Waals surface area contributed by atoms with Crippen LogP contribution in [0.3, 0.4) is 0 Å². The molecule has 2 rings (SSSR count). The van der Waals surface area contributed by atoms with Crippen molar-refractivity contribution in [2.24, 2.45) is 11.1 Å². The van der Waals surface area contributed by atoms with Crippen LogP contribution in [-0.2, 0) is 5.54 Å². The Morgan fingerprint density at radius 3 is 2.16 bits per heavy atom. The molecular weight excluding hydrogens is 244 g/mol. The van der Waals surface area contributed by atoms with Gasteiger partial charge in [0.15, 0.2) is 0 Å². The fourth-order valence-corrected chi connectivity index (χ4v) is 3.91. The molecule has 0 heterocycles. The van der Waals surface area contributed by atoms with E-state index in [1.807, 2.05) is 0 Å². The van der Waals surface area contributed by atoms with E-state index >= 15 is 0 Å². The molecule has 0 atom stereocenters. The first-order valence-corrected chi connectivity index (χ1v) is 7.19. The van der Waals surface area contributed by atoms with Crippen LogP contribution in [0.25, 0.3) is 0 Å². The van der Waals surface area contributed by atoms with Gasteiger partial charge < -0.3 is 5.73 Å². The van der Waals surface area contributed by atoms with E-state index in [2.05, 4.69) is 13.8 Å². The summed E-state index contributed by atoms with van der Waals surface area (Å²) >= 11 is 0. The molecule has 0 spiro atoms. The molecule has 1 nitrogen and oxygen atoms in total. The molecule has 3 heteroatoms. The second-order valence-corrected chi connectivity index (χ2v) is 6.13. The van der Waals surface area contributed by atoms with E-state index in [9.17, 15) is 8.78 Å². The minimum absolute atomic E-state index is 0.263. The Morgan fingerprint density at radius 1 is 1.11 bits per heavy atom. The zero-order chi connectivity index (χ0) is 14.1. The van der Waals surface area contributed by atoms with Crippen LogP contribution in [0.4, 0.5) is 8.78 Å². The highest BCUT2D eigenvalue weighted by Gasteiger charge is 2.52. The molecule has 0 aliphatic heterocycles. The summed E-state index contributed by atoms with van der Waals surface area (Å²) in [7, 11) is 0.